The van der Waals surface area contributed by atoms with Gasteiger partial charge in [-0.05, 0) is 18.6 Å². The maximum Gasteiger partial charge on any atom is 0.303 e. The minimum Gasteiger partial charge on any atom is -0.481 e. The molecule has 0 aliphatic carbocycles. The second-order valence-electron chi connectivity index (χ2n) is 3.64. The number of carboxylic acids is 1. The highest BCUT2D eigenvalue weighted by Gasteiger charge is 2.16. The topological polar surface area (TPSA) is 114 Å². The Bertz CT molecular complexity index is 544. The summed E-state index contributed by atoms with van der Waals surface area (Å²) in [6, 6.07) is 2.45. The molecule has 2 N–H and O–H groups in total. The van der Waals surface area contributed by atoms with E-state index in [1.165, 1.54) is 12.1 Å². The predicted molar refractivity (Wildman–Crippen MR) is 61.0 cm³/mol. The Morgan fingerprint density at radius 1 is 1.39 bits per heavy atom. The number of carbonyl (C=O) groups is 2. The van der Waals surface area contributed by atoms with Crippen LogP contribution < -0.4 is 5.32 Å². The van der Waals surface area contributed by atoms with E-state index in [0.29, 0.717) is 6.42 Å². The van der Waals surface area contributed by atoms with Gasteiger partial charge in [-0.2, -0.15) is 0 Å². The number of carbonyl (C=O) groups excluding carboxylic acids is 1. The molecule has 0 spiro atoms. The van der Waals surface area contributed by atoms with Crippen molar-refractivity contribution in [3.8, 4) is 0 Å². The maximum atomic E-state index is 11.5. The van der Waals surface area contributed by atoms with Gasteiger partial charge in [-0.25, -0.2) is 8.42 Å². The number of aliphatic carboxylic acids is 1. The van der Waals surface area contributed by atoms with Gasteiger partial charge in [0.15, 0.2) is 5.76 Å². The lowest BCUT2D eigenvalue weighted by Crippen LogP contribution is -2.24. The maximum absolute atomic E-state index is 11.5. The van der Waals surface area contributed by atoms with E-state index in [4.69, 9.17) is 9.52 Å². The molecule has 1 aromatic heterocycles. The fraction of sp³-hybridized carbons (Fsp3) is 0.400. The van der Waals surface area contributed by atoms with Gasteiger partial charge in [0.1, 0.15) is 0 Å². The lowest BCUT2D eigenvalue weighted by atomic mass is 10.3. The van der Waals surface area contributed by atoms with E-state index in [-0.39, 0.29) is 23.8 Å². The van der Waals surface area contributed by atoms with Gasteiger partial charge in [-0.1, -0.05) is 0 Å². The Hall–Kier alpha value is -1.83. The van der Waals surface area contributed by atoms with E-state index in [0.717, 1.165) is 6.26 Å². The molecule has 0 aliphatic heterocycles. The molecular formula is C10H13NO6S. The van der Waals surface area contributed by atoms with Crippen LogP contribution in [-0.2, 0) is 14.6 Å². The van der Waals surface area contributed by atoms with Crippen LogP contribution in [0.2, 0.25) is 0 Å². The summed E-state index contributed by atoms with van der Waals surface area (Å²) >= 11 is 0. The van der Waals surface area contributed by atoms with Crippen LogP contribution in [0.4, 0.5) is 0 Å². The van der Waals surface area contributed by atoms with Crippen molar-refractivity contribution in [2.24, 2.45) is 0 Å². The van der Waals surface area contributed by atoms with Gasteiger partial charge in [0.2, 0.25) is 14.9 Å². The van der Waals surface area contributed by atoms with E-state index in [1.807, 2.05) is 0 Å². The van der Waals surface area contributed by atoms with Crippen LogP contribution in [-0.4, -0.2) is 38.2 Å². The summed E-state index contributed by atoms with van der Waals surface area (Å²) in [4.78, 5) is 21.7. The fourth-order valence-electron chi connectivity index (χ4n) is 1.17. The molecule has 0 unspecified atom stereocenters. The van der Waals surface area contributed by atoms with Crippen molar-refractivity contribution in [1.29, 1.82) is 0 Å². The molecule has 0 bridgehead atoms. The lowest BCUT2D eigenvalue weighted by molar-refractivity contribution is -0.137. The third-order valence-electron chi connectivity index (χ3n) is 2.02. The normalized spacial score (nSPS) is 11.2. The SMILES string of the molecule is CS(=O)(=O)c1ccc(C(=O)NCCCC(=O)O)o1. The van der Waals surface area contributed by atoms with Crippen LogP contribution in [0, 0.1) is 0 Å². The molecule has 1 aromatic rings. The van der Waals surface area contributed by atoms with E-state index >= 15 is 0 Å². The molecule has 100 valence electrons. The highest BCUT2D eigenvalue weighted by molar-refractivity contribution is 7.90. The number of nitrogens with one attached hydrogen (secondary N) is 1. The highest BCUT2D eigenvalue weighted by atomic mass is 32.2. The van der Waals surface area contributed by atoms with E-state index in [1.54, 1.807) is 0 Å². The first-order valence-corrected chi connectivity index (χ1v) is 7.00. The van der Waals surface area contributed by atoms with Gasteiger partial charge in [0.05, 0.1) is 0 Å². The Balaban J connectivity index is 2.52. The van der Waals surface area contributed by atoms with Gasteiger partial charge in [-0.3, -0.25) is 9.59 Å². The second-order valence-corrected chi connectivity index (χ2v) is 5.59. The quantitative estimate of drug-likeness (QED) is 0.721. The number of sulfone groups is 1. The molecule has 1 amide bonds. The van der Waals surface area contributed by atoms with Crippen LogP contribution in [0.5, 0.6) is 0 Å². The number of furan rings is 1. The zero-order valence-corrected chi connectivity index (χ0v) is 10.5. The van der Waals surface area contributed by atoms with Crippen molar-refractivity contribution in [3.63, 3.8) is 0 Å². The molecular weight excluding hydrogens is 262 g/mol. The van der Waals surface area contributed by atoms with Crippen LogP contribution in [0.15, 0.2) is 21.6 Å². The van der Waals surface area contributed by atoms with Crippen molar-refractivity contribution in [3.05, 3.63) is 17.9 Å². The van der Waals surface area contributed by atoms with Crippen LogP contribution >= 0.6 is 0 Å². The second kappa shape index (κ2) is 5.67. The fourth-order valence-corrected chi connectivity index (χ4v) is 1.73. The molecule has 7 nitrogen and oxygen atoms in total. The average Bonchev–Trinajstić information content (AvgIpc) is 2.72. The van der Waals surface area contributed by atoms with Crippen LogP contribution in [0.3, 0.4) is 0 Å². The van der Waals surface area contributed by atoms with Crippen molar-refractivity contribution in [2.45, 2.75) is 17.9 Å². The molecule has 0 aliphatic rings. The standard InChI is InChI=1S/C10H13NO6S/c1-18(15,16)9-5-4-7(17-9)10(14)11-6-2-3-8(12)13/h4-5H,2-3,6H2,1H3,(H,11,14)(H,12,13). The van der Waals surface area contributed by atoms with E-state index in [2.05, 4.69) is 5.32 Å². The van der Waals surface area contributed by atoms with Crippen molar-refractivity contribution in [2.75, 3.05) is 12.8 Å². The first-order chi connectivity index (χ1) is 8.30. The van der Waals surface area contributed by atoms with E-state index < -0.39 is 21.7 Å². The first-order valence-electron chi connectivity index (χ1n) is 5.10. The Morgan fingerprint density at radius 3 is 2.56 bits per heavy atom. The van der Waals surface area contributed by atoms with Gasteiger partial charge in [0.25, 0.3) is 5.91 Å². The molecule has 0 radical (unpaired) electrons. The Kier molecular flexibility index (Phi) is 4.49. The first kappa shape index (κ1) is 14.2. The zero-order chi connectivity index (χ0) is 13.8. The number of amides is 1. The molecule has 18 heavy (non-hydrogen) atoms. The molecule has 0 fully saturated rings. The zero-order valence-electron chi connectivity index (χ0n) is 9.67. The summed E-state index contributed by atoms with van der Waals surface area (Å²) in [5.41, 5.74) is 0. The van der Waals surface area contributed by atoms with Gasteiger partial charge < -0.3 is 14.8 Å². The summed E-state index contributed by atoms with van der Waals surface area (Å²) in [5, 5.41) is 10.5. The molecule has 0 saturated heterocycles. The van der Waals surface area contributed by atoms with Crippen molar-refractivity contribution in [1.82, 2.24) is 5.32 Å². The molecule has 1 rings (SSSR count). The summed E-state index contributed by atoms with van der Waals surface area (Å²) < 4.78 is 27.1. The third-order valence-corrected chi connectivity index (χ3v) is 2.97. The Morgan fingerprint density at radius 2 is 2.06 bits per heavy atom. The molecule has 0 aromatic carbocycles. The predicted octanol–water partition coefficient (Wildman–Crippen LogP) is 0.278. The average molecular weight is 275 g/mol. The number of hydrogen-bond acceptors (Lipinski definition) is 5. The number of hydrogen-bond donors (Lipinski definition) is 2. The summed E-state index contributed by atoms with van der Waals surface area (Å²) in [6.45, 7) is 0.181. The van der Waals surface area contributed by atoms with Crippen molar-refractivity contribution < 1.29 is 27.5 Å². The molecule has 0 saturated carbocycles. The molecule has 0 atom stereocenters. The highest BCUT2D eigenvalue weighted by Crippen LogP contribution is 2.13. The molecule has 8 heteroatoms. The van der Waals surface area contributed by atoms with Gasteiger partial charge in [-0.15, -0.1) is 0 Å². The third kappa shape index (κ3) is 4.21. The smallest absolute Gasteiger partial charge is 0.303 e. The largest absolute Gasteiger partial charge is 0.481 e. The minimum atomic E-state index is -3.48. The summed E-state index contributed by atoms with van der Waals surface area (Å²) in [5.74, 6) is -1.64. The van der Waals surface area contributed by atoms with Crippen LogP contribution in [0.1, 0.15) is 23.4 Å². The lowest BCUT2D eigenvalue weighted by Gasteiger charge is -2.01. The molecule has 1 heterocycles. The van der Waals surface area contributed by atoms with Crippen molar-refractivity contribution >= 4 is 21.7 Å². The number of carboxylic acid groups (broad SMARTS) is 1. The summed E-state index contributed by atoms with van der Waals surface area (Å²) in [6.07, 6.45) is 1.22. The number of rotatable bonds is 6. The summed E-state index contributed by atoms with van der Waals surface area (Å²) in [7, 11) is -3.48. The monoisotopic (exact) mass is 275 g/mol. The van der Waals surface area contributed by atoms with Crippen LogP contribution in [0.25, 0.3) is 0 Å². The van der Waals surface area contributed by atoms with Gasteiger partial charge >= 0.3 is 5.97 Å². The van der Waals surface area contributed by atoms with Gasteiger partial charge in [0, 0.05) is 19.2 Å². The Labute approximate surface area is 104 Å². The minimum absolute atomic E-state index is 0.0486. The van der Waals surface area contributed by atoms with E-state index in [9.17, 15) is 18.0 Å².